The van der Waals surface area contributed by atoms with Crippen LogP contribution in [0, 0.1) is 5.92 Å². The minimum Gasteiger partial charge on any atom is -0.396 e. The lowest BCUT2D eigenvalue weighted by Gasteiger charge is -2.34. The summed E-state index contributed by atoms with van der Waals surface area (Å²) in [6.07, 6.45) is 10.3. The molecule has 0 aromatic rings. The second-order valence-corrected chi connectivity index (χ2v) is 6.19. The van der Waals surface area contributed by atoms with Crippen LogP contribution in [-0.4, -0.2) is 36.4 Å². The molecule has 2 fully saturated rings. The summed E-state index contributed by atoms with van der Waals surface area (Å²) in [5.74, 6) is 0.835. The van der Waals surface area contributed by atoms with Gasteiger partial charge in [0.05, 0.1) is 0 Å². The van der Waals surface area contributed by atoms with E-state index in [1.165, 1.54) is 45.1 Å². The smallest absolute Gasteiger partial charge is 0.0431 e. The Balaban J connectivity index is 1.79. The van der Waals surface area contributed by atoms with E-state index in [0.717, 1.165) is 24.8 Å². The third kappa shape index (κ3) is 3.94. The molecule has 3 nitrogen and oxygen atoms in total. The highest BCUT2D eigenvalue weighted by molar-refractivity contribution is 4.93. The molecule has 0 aromatic heterocycles. The molecule has 1 heterocycles. The summed E-state index contributed by atoms with van der Waals surface area (Å²) in [5.41, 5.74) is 0. The lowest BCUT2D eigenvalue weighted by Crippen LogP contribution is -2.48. The molecule has 2 rings (SSSR count). The van der Waals surface area contributed by atoms with Crippen molar-refractivity contribution in [1.29, 1.82) is 0 Å². The number of aliphatic hydroxyl groups excluding tert-OH is 1. The van der Waals surface area contributed by atoms with E-state index in [-0.39, 0.29) is 0 Å². The predicted octanol–water partition coefficient (Wildman–Crippen LogP) is 2.05. The molecule has 0 spiro atoms. The van der Waals surface area contributed by atoms with E-state index in [0.29, 0.717) is 18.7 Å². The van der Waals surface area contributed by atoms with Crippen molar-refractivity contribution in [2.75, 3.05) is 13.2 Å². The highest BCUT2D eigenvalue weighted by Gasteiger charge is 2.34. The van der Waals surface area contributed by atoms with Gasteiger partial charge in [-0.15, -0.1) is 0 Å². The molecule has 106 valence electrons. The molecule has 3 N–H and O–H groups in total. The maximum atomic E-state index is 8.89. The second-order valence-electron chi connectivity index (χ2n) is 6.19. The zero-order valence-corrected chi connectivity index (χ0v) is 11.8. The van der Waals surface area contributed by atoms with Crippen LogP contribution in [0.15, 0.2) is 0 Å². The van der Waals surface area contributed by atoms with E-state index in [4.69, 9.17) is 5.11 Å². The van der Waals surface area contributed by atoms with Crippen LogP contribution < -0.4 is 10.6 Å². The van der Waals surface area contributed by atoms with Gasteiger partial charge in [0.15, 0.2) is 0 Å². The normalized spacial score (nSPS) is 34.7. The lowest BCUT2D eigenvalue weighted by molar-refractivity contribution is 0.237. The summed E-state index contributed by atoms with van der Waals surface area (Å²) >= 11 is 0. The summed E-state index contributed by atoms with van der Waals surface area (Å²) < 4.78 is 0. The van der Waals surface area contributed by atoms with E-state index < -0.39 is 0 Å². The van der Waals surface area contributed by atoms with Gasteiger partial charge in [0.2, 0.25) is 0 Å². The van der Waals surface area contributed by atoms with Crippen molar-refractivity contribution in [3.63, 3.8) is 0 Å². The van der Waals surface area contributed by atoms with Gasteiger partial charge in [0.25, 0.3) is 0 Å². The zero-order valence-electron chi connectivity index (χ0n) is 11.8. The van der Waals surface area contributed by atoms with Crippen molar-refractivity contribution in [3.05, 3.63) is 0 Å². The maximum Gasteiger partial charge on any atom is 0.0431 e. The molecule has 4 unspecified atom stereocenters. The van der Waals surface area contributed by atoms with Crippen LogP contribution in [0.2, 0.25) is 0 Å². The summed E-state index contributed by atoms with van der Waals surface area (Å²) in [6, 6.07) is 2.00. The molecule has 0 bridgehead atoms. The summed E-state index contributed by atoms with van der Waals surface area (Å²) in [7, 11) is 0. The van der Waals surface area contributed by atoms with E-state index >= 15 is 0 Å². The van der Waals surface area contributed by atoms with Crippen LogP contribution in [0.25, 0.3) is 0 Å². The number of piperidine rings is 1. The molecule has 3 heteroatoms. The van der Waals surface area contributed by atoms with E-state index in [9.17, 15) is 0 Å². The molecular weight excluding hydrogens is 224 g/mol. The fraction of sp³-hybridized carbons (Fsp3) is 1.00. The Hall–Kier alpha value is -0.120. The number of aliphatic hydroxyl groups is 1. The van der Waals surface area contributed by atoms with Gasteiger partial charge in [-0.25, -0.2) is 0 Å². The second kappa shape index (κ2) is 7.46. The number of hydrogen-bond donors (Lipinski definition) is 3. The Bertz CT molecular complexity index is 229. The molecule has 0 aromatic carbocycles. The van der Waals surface area contributed by atoms with Gasteiger partial charge in [-0.1, -0.05) is 12.8 Å². The Labute approximate surface area is 112 Å². The van der Waals surface area contributed by atoms with Crippen molar-refractivity contribution < 1.29 is 5.11 Å². The molecule has 1 saturated carbocycles. The van der Waals surface area contributed by atoms with Crippen LogP contribution in [0.5, 0.6) is 0 Å². The Morgan fingerprint density at radius 3 is 2.83 bits per heavy atom. The van der Waals surface area contributed by atoms with Gasteiger partial charge in [0.1, 0.15) is 0 Å². The Morgan fingerprint density at radius 1 is 1.22 bits per heavy atom. The van der Waals surface area contributed by atoms with Gasteiger partial charge in [-0.2, -0.15) is 0 Å². The fourth-order valence-corrected chi connectivity index (χ4v) is 3.77. The molecule has 1 aliphatic heterocycles. The SMILES string of the molecule is CC(CCCO)NC1CCCC1C1CCCCN1. The largest absolute Gasteiger partial charge is 0.396 e. The molecular formula is C15H30N2O. The standard InChI is InChI=1S/C15H30N2O/c1-12(6-5-11-18)17-15-9-4-7-13(15)14-8-2-3-10-16-14/h12-18H,2-11H2,1H3. The molecule has 18 heavy (non-hydrogen) atoms. The number of rotatable bonds is 6. The van der Waals surface area contributed by atoms with Crippen molar-refractivity contribution >= 4 is 0 Å². The number of nitrogens with one attached hydrogen (secondary N) is 2. The van der Waals surface area contributed by atoms with Gasteiger partial charge in [-0.3, -0.25) is 0 Å². The summed E-state index contributed by atoms with van der Waals surface area (Å²) in [4.78, 5) is 0. The van der Waals surface area contributed by atoms with Crippen molar-refractivity contribution in [3.8, 4) is 0 Å². The molecule has 4 atom stereocenters. The molecule has 0 radical (unpaired) electrons. The van der Waals surface area contributed by atoms with Crippen molar-refractivity contribution in [2.45, 2.75) is 76.4 Å². The van der Waals surface area contributed by atoms with E-state index in [1.807, 2.05) is 0 Å². The first kappa shape index (κ1) is 14.3. The van der Waals surface area contributed by atoms with Crippen LogP contribution >= 0.6 is 0 Å². The maximum absolute atomic E-state index is 8.89. The van der Waals surface area contributed by atoms with Gasteiger partial charge in [0, 0.05) is 24.7 Å². The first-order valence-electron chi connectivity index (χ1n) is 7.91. The monoisotopic (exact) mass is 254 g/mol. The predicted molar refractivity (Wildman–Crippen MR) is 75.7 cm³/mol. The topological polar surface area (TPSA) is 44.3 Å². The van der Waals surface area contributed by atoms with Gasteiger partial charge in [-0.05, 0) is 57.9 Å². The molecule has 1 saturated heterocycles. The van der Waals surface area contributed by atoms with Crippen LogP contribution in [0.3, 0.4) is 0 Å². The number of hydrogen-bond acceptors (Lipinski definition) is 3. The minimum absolute atomic E-state index is 0.324. The third-order valence-electron chi connectivity index (χ3n) is 4.73. The van der Waals surface area contributed by atoms with Crippen LogP contribution in [-0.2, 0) is 0 Å². The van der Waals surface area contributed by atoms with Gasteiger partial charge >= 0.3 is 0 Å². The van der Waals surface area contributed by atoms with E-state index in [1.54, 1.807) is 0 Å². The lowest BCUT2D eigenvalue weighted by atomic mass is 9.88. The summed E-state index contributed by atoms with van der Waals surface area (Å²) in [6.45, 7) is 3.80. The van der Waals surface area contributed by atoms with E-state index in [2.05, 4.69) is 17.6 Å². The molecule has 0 amide bonds. The quantitative estimate of drug-likeness (QED) is 0.680. The molecule has 2 aliphatic rings. The minimum atomic E-state index is 0.324. The van der Waals surface area contributed by atoms with Crippen LogP contribution in [0.1, 0.15) is 58.3 Å². The highest BCUT2D eigenvalue weighted by Crippen LogP contribution is 2.32. The highest BCUT2D eigenvalue weighted by atomic mass is 16.2. The fourth-order valence-electron chi connectivity index (χ4n) is 3.77. The average molecular weight is 254 g/mol. The molecule has 1 aliphatic carbocycles. The van der Waals surface area contributed by atoms with Crippen molar-refractivity contribution in [2.24, 2.45) is 5.92 Å². The Morgan fingerprint density at radius 2 is 2.11 bits per heavy atom. The Kier molecular flexibility index (Phi) is 5.93. The third-order valence-corrected chi connectivity index (χ3v) is 4.73. The van der Waals surface area contributed by atoms with Gasteiger partial charge < -0.3 is 15.7 Å². The van der Waals surface area contributed by atoms with Crippen LogP contribution in [0.4, 0.5) is 0 Å². The first-order chi connectivity index (χ1) is 8.81. The zero-order chi connectivity index (χ0) is 12.8. The van der Waals surface area contributed by atoms with Crippen molar-refractivity contribution in [1.82, 2.24) is 10.6 Å². The first-order valence-corrected chi connectivity index (χ1v) is 7.91. The summed E-state index contributed by atoms with van der Waals surface area (Å²) in [5, 5.41) is 16.4. The average Bonchev–Trinajstić information content (AvgIpc) is 2.85.